The molecule has 0 atom stereocenters. The second-order valence-corrected chi connectivity index (χ2v) is 14.9. The summed E-state index contributed by atoms with van der Waals surface area (Å²) in [5.41, 5.74) is 0. The predicted octanol–water partition coefficient (Wildman–Crippen LogP) is 1.29. The number of carbonyl (C=O) groups is 3. The molecule has 21 nitrogen and oxygen atoms in total. The van der Waals surface area contributed by atoms with Gasteiger partial charge in [-0.05, 0) is 19.3 Å². The second kappa shape index (κ2) is 77.0. The molecule has 0 rings (SSSR count). The average molecular weight is 977 g/mol. The van der Waals surface area contributed by atoms with Crippen LogP contribution >= 0.6 is 0 Å². The second-order valence-electron chi connectivity index (χ2n) is 14.9. The van der Waals surface area contributed by atoms with Gasteiger partial charge in [-0.25, -0.2) is 0 Å². The van der Waals surface area contributed by atoms with E-state index in [9.17, 15) is 14.4 Å². The summed E-state index contributed by atoms with van der Waals surface area (Å²) >= 11 is 0. The maximum absolute atomic E-state index is 10.1. The van der Waals surface area contributed by atoms with Crippen molar-refractivity contribution in [3.8, 4) is 0 Å². The standard InChI is InChI=1S/3C10H20O2.5C3H8O3/c3*1-2-3-4-5-6-7-8-9-10(11)12;5*4-1-3(6)2-5/h3*2-9H2,1H3,(H,11,12);5*3-6H,1-2H2. The summed E-state index contributed by atoms with van der Waals surface area (Å²) in [6.07, 6.45) is 21.2. The van der Waals surface area contributed by atoms with Gasteiger partial charge in [0.1, 0.15) is 30.5 Å². The normalized spacial score (nSPS) is 10.0. The van der Waals surface area contributed by atoms with Gasteiger partial charge in [-0.15, -0.1) is 0 Å². The summed E-state index contributed by atoms with van der Waals surface area (Å²) < 4.78 is 0. The van der Waals surface area contributed by atoms with Crippen molar-refractivity contribution in [2.75, 3.05) is 66.1 Å². The van der Waals surface area contributed by atoms with Crippen LogP contribution in [-0.2, 0) is 14.4 Å². The van der Waals surface area contributed by atoms with E-state index >= 15 is 0 Å². The van der Waals surface area contributed by atoms with E-state index in [1.165, 1.54) is 96.3 Å². The molecular weight excluding hydrogens is 876 g/mol. The Kier molecular flexibility index (Phi) is 94.3. The molecular formula is C45H100O21. The molecule has 0 bridgehead atoms. The summed E-state index contributed by atoms with van der Waals surface area (Å²) in [7, 11) is 0. The molecule has 0 aliphatic carbocycles. The molecule has 0 aromatic heterocycles. The zero-order valence-corrected chi connectivity index (χ0v) is 40.7. The molecule has 0 spiro atoms. The lowest BCUT2D eigenvalue weighted by Gasteiger charge is -1.98. The summed E-state index contributed by atoms with van der Waals surface area (Å²) in [4.78, 5) is 30.4. The van der Waals surface area contributed by atoms with E-state index in [1.807, 2.05) is 0 Å². The van der Waals surface area contributed by atoms with E-state index in [-0.39, 0.29) is 66.1 Å². The molecule has 0 radical (unpaired) electrons. The predicted molar refractivity (Wildman–Crippen MR) is 252 cm³/mol. The monoisotopic (exact) mass is 977 g/mol. The maximum Gasteiger partial charge on any atom is 0.303 e. The van der Waals surface area contributed by atoms with Gasteiger partial charge < -0.3 is 91.9 Å². The van der Waals surface area contributed by atoms with Crippen molar-refractivity contribution >= 4 is 17.9 Å². The van der Waals surface area contributed by atoms with Gasteiger partial charge in [0.25, 0.3) is 0 Å². The van der Waals surface area contributed by atoms with Crippen molar-refractivity contribution in [1.29, 1.82) is 0 Å². The quantitative estimate of drug-likeness (QED) is 0.0404. The molecule has 0 aliphatic heterocycles. The Balaban J connectivity index is -0.0000000994. The smallest absolute Gasteiger partial charge is 0.303 e. The van der Waals surface area contributed by atoms with Crippen LogP contribution in [0.1, 0.15) is 175 Å². The first-order valence-corrected chi connectivity index (χ1v) is 23.5. The Morgan fingerprint density at radius 3 is 0.470 bits per heavy atom. The Morgan fingerprint density at radius 1 is 0.258 bits per heavy atom. The Hall–Kier alpha value is -2.19. The molecule has 0 fully saturated rings. The molecule has 0 unspecified atom stereocenters. The molecule has 18 N–H and O–H groups in total. The van der Waals surface area contributed by atoms with E-state index in [0.717, 1.165) is 38.5 Å². The molecule has 21 heteroatoms. The Labute approximate surface area is 395 Å². The number of unbranched alkanes of at least 4 members (excludes halogenated alkanes) is 18. The molecule has 0 aromatic rings. The van der Waals surface area contributed by atoms with Gasteiger partial charge in [-0.2, -0.15) is 0 Å². The Morgan fingerprint density at radius 2 is 0.379 bits per heavy atom. The molecule has 0 aromatic carbocycles. The van der Waals surface area contributed by atoms with Crippen LogP contribution in [-0.4, -0.2) is 206 Å². The van der Waals surface area contributed by atoms with Crippen molar-refractivity contribution in [3.05, 3.63) is 0 Å². The third kappa shape index (κ3) is 114. The van der Waals surface area contributed by atoms with E-state index in [4.69, 9.17) is 91.9 Å². The van der Waals surface area contributed by atoms with Crippen molar-refractivity contribution in [2.45, 2.75) is 205 Å². The summed E-state index contributed by atoms with van der Waals surface area (Å²) in [5, 5.41) is 145. The lowest BCUT2D eigenvalue weighted by molar-refractivity contribution is -0.138. The topological polar surface area (TPSA) is 415 Å². The van der Waals surface area contributed by atoms with Crippen LogP contribution in [0.2, 0.25) is 0 Å². The number of carboxylic acids is 3. The molecule has 0 saturated carbocycles. The molecule has 0 saturated heterocycles. The zero-order chi connectivity index (χ0) is 52.7. The number of hydrogen-bond acceptors (Lipinski definition) is 18. The summed E-state index contributed by atoms with van der Waals surface area (Å²) in [6, 6.07) is 0. The number of aliphatic hydroxyl groups is 15. The van der Waals surface area contributed by atoms with Gasteiger partial charge in [0.2, 0.25) is 0 Å². The fourth-order valence-corrected chi connectivity index (χ4v) is 3.99. The highest BCUT2D eigenvalue weighted by Crippen LogP contribution is 2.10. The number of aliphatic hydroxyl groups excluding tert-OH is 15. The maximum atomic E-state index is 10.1. The van der Waals surface area contributed by atoms with Gasteiger partial charge >= 0.3 is 17.9 Å². The molecule has 0 aliphatic rings. The number of carboxylic acid groups (broad SMARTS) is 3. The van der Waals surface area contributed by atoms with Crippen LogP contribution < -0.4 is 0 Å². The highest BCUT2D eigenvalue weighted by atomic mass is 16.4. The number of hydrogen-bond donors (Lipinski definition) is 18. The average Bonchev–Trinajstić information content (AvgIpc) is 3.32. The largest absolute Gasteiger partial charge is 0.481 e. The molecule has 0 amide bonds. The molecule has 66 heavy (non-hydrogen) atoms. The van der Waals surface area contributed by atoms with Gasteiger partial charge in [-0.1, -0.05) is 136 Å². The minimum atomic E-state index is -0.954. The van der Waals surface area contributed by atoms with Crippen LogP contribution in [0.5, 0.6) is 0 Å². The van der Waals surface area contributed by atoms with E-state index in [1.54, 1.807) is 0 Å². The first-order chi connectivity index (χ1) is 31.4. The van der Waals surface area contributed by atoms with Crippen LogP contribution in [0, 0.1) is 0 Å². The van der Waals surface area contributed by atoms with Crippen LogP contribution in [0.25, 0.3) is 0 Å². The van der Waals surface area contributed by atoms with Crippen LogP contribution in [0.3, 0.4) is 0 Å². The Bertz CT molecular complexity index is 716. The third-order valence-electron chi connectivity index (χ3n) is 8.09. The van der Waals surface area contributed by atoms with Crippen molar-refractivity contribution in [1.82, 2.24) is 0 Å². The fourth-order valence-electron chi connectivity index (χ4n) is 3.99. The number of rotatable bonds is 34. The lowest BCUT2D eigenvalue weighted by atomic mass is 10.1. The molecule has 406 valence electrons. The highest BCUT2D eigenvalue weighted by molar-refractivity contribution is 5.67. The van der Waals surface area contributed by atoms with Crippen molar-refractivity contribution < 1.29 is 106 Å². The molecule has 0 heterocycles. The van der Waals surface area contributed by atoms with Gasteiger partial charge in [0, 0.05) is 19.3 Å². The minimum Gasteiger partial charge on any atom is -0.481 e. The van der Waals surface area contributed by atoms with E-state index < -0.39 is 48.4 Å². The highest BCUT2D eigenvalue weighted by Gasteiger charge is 1.99. The van der Waals surface area contributed by atoms with Crippen LogP contribution in [0.4, 0.5) is 0 Å². The van der Waals surface area contributed by atoms with Crippen molar-refractivity contribution in [2.24, 2.45) is 0 Å². The van der Waals surface area contributed by atoms with E-state index in [2.05, 4.69) is 20.8 Å². The van der Waals surface area contributed by atoms with E-state index in [0.29, 0.717) is 19.3 Å². The van der Waals surface area contributed by atoms with Crippen LogP contribution in [0.15, 0.2) is 0 Å². The summed E-state index contributed by atoms with van der Waals surface area (Å²) in [5.74, 6) is -1.99. The number of aliphatic carboxylic acids is 3. The van der Waals surface area contributed by atoms with Gasteiger partial charge in [0.15, 0.2) is 0 Å². The van der Waals surface area contributed by atoms with Crippen molar-refractivity contribution in [3.63, 3.8) is 0 Å². The summed E-state index contributed by atoms with van der Waals surface area (Å²) in [6.45, 7) is 2.95. The minimum absolute atomic E-state index is 0.341. The fraction of sp³-hybridized carbons (Fsp3) is 0.933. The van der Waals surface area contributed by atoms with Gasteiger partial charge in [0.05, 0.1) is 66.1 Å². The first kappa shape index (κ1) is 80.8. The lowest BCUT2D eigenvalue weighted by Crippen LogP contribution is -2.15. The SMILES string of the molecule is CCCCCCCCCC(=O)O.CCCCCCCCCC(=O)O.CCCCCCCCCC(=O)O.OCC(O)CO.OCC(O)CO.OCC(O)CO.OCC(O)CO.OCC(O)CO. The zero-order valence-electron chi connectivity index (χ0n) is 40.7. The first-order valence-electron chi connectivity index (χ1n) is 23.5. The van der Waals surface area contributed by atoms with Gasteiger partial charge in [-0.3, -0.25) is 14.4 Å². The third-order valence-corrected chi connectivity index (χ3v) is 8.09.